The normalized spacial score (nSPS) is 14.1. The number of aliphatic hydroxyl groups is 1. The van der Waals surface area contributed by atoms with E-state index < -0.39 is 20.0 Å². The molecule has 0 aliphatic rings. The molecule has 364 valence electrons. The summed E-state index contributed by atoms with van der Waals surface area (Å²) < 4.78 is 23.7. The fraction of sp³-hybridized carbons (Fsp3) is 0.942. The lowest BCUT2D eigenvalue weighted by Gasteiger charge is -2.26. The fourth-order valence-electron chi connectivity index (χ4n) is 8.04. The maximum absolute atomic E-state index is 13.0. The molecule has 0 saturated carbocycles. The Morgan fingerprint density at radius 3 is 1.26 bits per heavy atom. The topological polar surface area (TPSA) is 105 Å². The molecule has 0 aliphatic carbocycles. The van der Waals surface area contributed by atoms with Crippen molar-refractivity contribution < 1.29 is 32.9 Å². The van der Waals surface area contributed by atoms with Crippen LogP contribution in [0.25, 0.3) is 0 Å². The number of allylic oxidation sites excluding steroid dienone is 2. The molecule has 3 unspecified atom stereocenters. The summed E-state index contributed by atoms with van der Waals surface area (Å²) in [5.41, 5.74) is 0. The van der Waals surface area contributed by atoms with E-state index >= 15 is 0 Å². The van der Waals surface area contributed by atoms with Gasteiger partial charge in [-0.2, -0.15) is 0 Å². The molecular formula is C52H106N2O6P+. The van der Waals surface area contributed by atoms with Gasteiger partial charge in [0.25, 0.3) is 0 Å². The van der Waals surface area contributed by atoms with Crippen LogP contribution in [0.2, 0.25) is 0 Å². The highest BCUT2D eigenvalue weighted by atomic mass is 31.2. The number of unbranched alkanes of at least 4 members (excludes halogenated alkanes) is 34. The predicted molar refractivity (Wildman–Crippen MR) is 263 cm³/mol. The van der Waals surface area contributed by atoms with E-state index in [0.717, 1.165) is 38.5 Å². The molecule has 0 aromatic heterocycles. The first-order chi connectivity index (χ1) is 29.5. The van der Waals surface area contributed by atoms with Gasteiger partial charge in [-0.3, -0.25) is 13.8 Å². The maximum atomic E-state index is 13.0. The Morgan fingerprint density at radius 1 is 0.541 bits per heavy atom. The van der Waals surface area contributed by atoms with Crippen LogP contribution in [-0.2, 0) is 18.4 Å². The molecule has 61 heavy (non-hydrogen) atoms. The molecule has 8 nitrogen and oxygen atoms in total. The molecule has 0 rings (SSSR count). The van der Waals surface area contributed by atoms with Crippen molar-refractivity contribution in [3.8, 4) is 0 Å². The molecule has 0 heterocycles. The lowest BCUT2D eigenvalue weighted by Crippen LogP contribution is -2.46. The Balaban J connectivity index is 4.21. The summed E-state index contributed by atoms with van der Waals surface area (Å²) in [4.78, 5) is 23.3. The van der Waals surface area contributed by atoms with Crippen LogP contribution < -0.4 is 5.32 Å². The number of carbonyl (C=O) groups is 1. The van der Waals surface area contributed by atoms with Gasteiger partial charge < -0.3 is 19.8 Å². The molecule has 3 atom stereocenters. The predicted octanol–water partition coefficient (Wildman–Crippen LogP) is 15.5. The van der Waals surface area contributed by atoms with Crippen molar-refractivity contribution in [2.24, 2.45) is 0 Å². The number of nitrogens with one attached hydrogen (secondary N) is 1. The van der Waals surface area contributed by atoms with E-state index in [4.69, 9.17) is 9.05 Å². The van der Waals surface area contributed by atoms with Gasteiger partial charge in [-0.25, -0.2) is 4.57 Å². The molecular weight excluding hydrogens is 780 g/mol. The number of rotatable bonds is 49. The first-order valence-electron chi connectivity index (χ1n) is 26.6. The van der Waals surface area contributed by atoms with E-state index in [0.29, 0.717) is 23.9 Å². The summed E-state index contributed by atoms with van der Waals surface area (Å²) in [5.74, 6) is -0.145. The molecule has 3 N–H and O–H groups in total. The zero-order valence-corrected chi connectivity index (χ0v) is 42.3. The van der Waals surface area contributed by atoms with Gasteiger partial charge in [0, 0.05) is 6.42 Å². The van der Waals surface area contributed by atoms with E-state index in [-0.39, 0.29) is 19.1 Å². The summed E-state index contributed by atoms with van der Waals surface area (Å²) in [5, 5.41) is 14.0. The molecule has 0 aliphatic heterocycles. The molecule has 0 bridgehead atoms. The standard InChI is InChI=1S/C52H105N2O6P/c1-6-8-10-12-14-16-18-20-22-24-25-26-27-28-30-32-34-36-38-40-42-44-46-52(56)53-50(49-60-61(57,58)59-48-47-54(3,4)5)51(55)45-43-41-39-37-35-33-31-29-23-21-19-17-15-13-11-9-7-2/h27-28,50-51,55H,6-26,29-49H2,1-5H3,(H-,53,56,57,58)/p+1/b28-27-. The molecule has 0 aromatic carbocycles. The molecule has 1 amide bonds. The van der Waals surface area contributed by atoms with Crippen molar-refractivity contribution in [3.05, 3.63) is 12.2 Å². The van der Waals surface area contributed by atoms with Gasteiger partial charge in [0.05, 0.1) is 39.9 Å². The molecule has 0 radical (unpaired) electrons. The minimum atomic E-state index is -4.32. The summed E-state index contributed by atoms with van der Waals surface area (Å²) in [6, 6.07) is -0.759. The molecule has 0 spiro atoms. The van der Waals surface area contributed by atoms with Crippen LogP contribution in [0.15, 0.2) is 12.2 Å². The van der Waals surface area contributed by atoms with Crippen LogP contribution in [0.3, 0.4) is 0 Å². The van der Waals surface area contributed by atoms with Gasteiger partial charge in [0.2, 0.25) is 5.91 Å². The van der Waals surface area contributed by atoms with Gasteiger partial charge in [-0.05, 0) is 38.5 Å². The summed E-state index contributed by atoms with van der Waals surface area (Å²) in [6.07, 6.45) is 52.5. The van der Waals surface area contributed by atoms with Crippen LogP contribution in [0.1, 0.15) is 264 Å². The van der Waals surface area contributed by atoms with Crippen molar-refractivity contribution in [2.45, 2.75) is 276 Å². The number of carbonyl (C=O) groups excluding carboxylic acids is 1. The second-order valence-electron chi connectivity index (χ2n) is 19.6. The van der Waals surface area contributed by atoms with Gasteiger partial charge in [-0.1, -0.05) is 231 Å². The van der Waals surface area contributed by atoms with Crippen LogP contribution in [0.4, 0.5) is 0 Å². The van der Waals surface area contributed by atoms with Gasteiger partial charge in [0.15, 0.2) is 0 Å². The maximum Gasteiger partial charge on any atom is 0.472 e. The highest BCUT2D eigenvalue weighted by Crippen LogP contribution is 2.43. The summed E-state index contributed by atoms with van der Waals surface area (Å²) in [7, 11) is 1.62. The highest BCUT2D eigenvalue weighted by molar-refractivity contribution is 7.47. The Kier molecular flexibility index (Phi) is 43.9. The van der Waals surface area contributed by atoms with Crippen molar-refractivity contribution >= 4 is 13.7 Å². The number of phosphoric acid groups is 1. The van der Waals surface area contributed by atoms with E-state index in [1.807, 2.05) is 21.1 Å². The number of hydrogen-bond donors (Lipinski definition) is 3. The number of phosphoric ester groups is 1. The first kappa shape index (κ1) is 60.2. The minimum Gasteiger partial charge on any atom is -0.391 e. The van der Waals surface area contributed by atoms with Crippen molar-refractivity contribution in [2.75, 3.05) is 40.9 Å². The average Bonchev–Trinajstić information content (AvgIpc) is 3.21. The van der Waals surface area contributed by atoms with E-state index in [1.54, 1.807) is 0 Å². The Morgan fingerprint density at radius 2 is 0.885 bits per heavy atom. The molecule has 9 heteroatoms. The summed E-state index contributed by atoms with van der Waals surface area (Å²) in [6.45, 7) is 4.92. The summed E-state index contributed by atoms with van der Waals surface area (Å²) >= 11 is 0. The van der Waals surface area contributed by atoms with E-state index in [2.05, 4.69) is 31.3 Å². The fourth-order valence-corrected chi connectivity index (χ4v) is 8.78. The van der Waals surface area contributed by atoms with Gasteiger partial charge >= 0.3 is 7.82 Å². The molecule has 0 saturated heterocycles. The third-order valence-corrected chi connectivity index (χ3v) is 13.2. The average molecular weight is 886 g/mol. The minimum absolute atomic E-state index is 0.0761. The highest BCUT2D eigenvalue weighted by Gasteiger charge is 2.28. The number of quaternary nitrogens is 1. The van der Waals surface area contributed by atoms with E-state index in [1.165, 1.54) is 199 Å². The quantitative estimate of drug-likeness (QED) is 0.0243. The number of likely N-dealkylation sites (N-methyl/N-ethyl adjacent to an activating group) is 1. The lowest BCUT2D eigenvalue weighted by molar-refractivity contribution is -0.870. The van der Waals surface area contributed by atoms with Crippen LogP contribution in [0, 0.1) is 0 Å². The van der Waals surface area contributed by atoms with Crippen LogP contribution in [0.5, 0.6) is 0 Å². The molecule has 0 aromatic rings. The lowest BCUT2D eigenvalue weighted by atomic mass is 10.0. The Hall–Kier alpha value is -0.760. The monoisotopic (exact) mass is 886 g/mol. The zero-order chi connectivity index (χ0) is 45.0. The number of hydrogen-bond acceptors (Lipinski definition) is 5. The van der Waals surface area contributed by atoms with Gasteiger partial charge in [-0.15, -0.1) is 0 Å². The SMILES string of the molecule is CCCCCCCCCCCCC/C=C\CCCCCCCCCC(=O)NC(COP(=O)(O)OCC[N+](C)(C)C)C(O)CCCCCCCCCCCCCCCCCCC. The second-order valence-corrected chi connectivity index (χ2v) is 21.1. The number of aliphatic hydroxyl groups excluding tert-OH is 1. The first-order valence-corrected chi connectivity index (χ1v) is 28.0. The largest absolute Gasteiger partial charge is 0.472 e. The van der Waals surface area contributed by atoms with Crippen LogP contribution in [-0.4, -0.2) is 73.4 Å². The molecule has 0 fully saturated rings. The zero-order valence-electron chi connectivity index (χ0n) is 41.4. The Bertz CT molecular complexity index is 1000. The Labute approximate surface area is 380 Å². The van der Waals surface area contributed by atoms with Crippen LogP contribution >= 0.6 is 7.82 Å². The third kappa shape index (κ3) is 47.0. The number of amides is 1. The van der Waals surface area contributed by atoms with Crippen molar-refractivity contribution in [1.82, 2.24) is 5.32 Å². The second kappa shape index (κ2) is 44.4. The van der Waals surface area contributed by atoms with Crippen molar-refractivity contribution in [1.29, 1.82) is 0 Å². The smallest absolute Gasteiger partial charge is 0.391 e. The van der Waals surface area contributed by atoms with Crippen molar-refractivity contribution in [3.63, 3.8) is 0 Å². The van der Waals surface area contributed by atoms with Gasteiger partial charge in [0.1, 0.15) is 13.2 Å². The number of nitrogens with zero attached hydrogens (tertiary/aromatic N) is 1. The van der Waals surface area contributed by atoms with E-state index in [9.17, 15) is 19.4 Å². The third-order valence-electron chi connectivity index (χ3n) is 12.3.